The maximum Gasteiger partial charge on any atom is 0.419 e. The van der Waals surface area contributed by atoms with Gasteiger partial charge in [0.05, 0.1) is 19.7 Å². The lowest BCUT2D eigenvalue weighted by Gasteiger charge is -2.11. The molecule has 1 aromatic heterocycles. The van der Waals surface area contributed by atoms with Crippen molar-refractivity contribution in [3.63, 3.8) is 0 Å². The number of amides is 1. The van der Waals surface area contributed by atoms with Gasteiger partial charge in [0.25, 0.3) is 0 Å². The number of carbonyl (C=O) groups is 1. The van der Waals surface area contributed by atoms with E-state index in [4.69, 9.17) is 13.9 Å². The quantitative estimate of drug-likeness (QED) is 0.702. The van der Waals surface area contributed by atoms with Gasteiger partial charge in [-0.15, -0.1) is 0 Å². The van der Waals surface area contributed by atoms with E-state index in [-0.39, 0.29) is 18.9 Å². The van der Waals surface area contributed by atoms with Gasteiger partial charge in [-0.05, 0) is 30.3 Å². The summed E-state index contributed by atoms with van der Waals surface area (Å²) in [7, 11) is 3.15. The SMILES string of the molecule is COc1ccc(OC)c(CNC(=O)CCn2c(=O)oc3ccccc32)c1. The number of para-hydroxylation sites is 2. The fourth-order valence-corrected chi connectivity index (χ4v) is 2.74. The minimum absolute atomic E-state index is 0.162. The molecule has 0 aliphatic rings. The van der Waals surface area contributed by atoms with Crippen LogP contribution in [0.1, 0.15) is 12.0 Å². The Bertz CT molecular complexity index is 973. The van der Waals surface area contributed by atoms with Crippen molar-refractivity contribution in [3.8, 4) is 11.5 Å². The molecule has 0 spiro atoms. The van der Waals surface area contributed by atoms with Gasteiger partial charge in [0, 0.05) is 25.1 Å². The number of oxazole rings is 1. The summed E-state index contributed by atoms with van der Waals surface area (Å²) in [6, 6.07) is 12.5. The van der Waals surface area contributed by atoms with E-state index >= 15 is 0 Å². The Balaban J connectivity index is 1.63. The van der Waals surface area contributed by atoms with E-state index in [1.54, 1.807) is 44.6 Å². The van der Waals surface area contributed by atoms with Crippen molar-refractivity contribution < 1.29 is 18.7 Å². The average Bonchev–Trinajstić information content (AvgIpc) is 2.99. The predicted molar refractivity (Wildman–Crippen MR) is 96.5 cm³/mol. The Morgan fingerprint density at radius 3 is 2.73 bits per heavy atom. The number of nitrogens with one attached hydrogen (secondary N) is 1. The Hall–Kier alpha value is -3.22. The minimum Gasteiger partial charge on any atom is -0.497 e. The third kappa shape index (κ3) is 3.72. The van der Waals surface area contributed by atoms with Gasteiger partial charge in [0.1, 0.15) is 11.5 Å². The standard InChI is InChI=1S/C19H20N2O5/c1-24-14-7-8-16(25-2)13(11-14)12-20-18(22)9-10-21-15-5-3-4-6-17(15)26-19(21)23/h3-8,11H,9-10,12H2,1-2H3,(H,20,22). The fourth-order valence-electron chi connectivity index (χ4n) is 2.74. The first-order valence-electron chi connectivity index (χ1n) is 8.18. The van der Waals surface area contributed by atoms with Crippen LogP contribution in [-0.2, 0) is 17.9 Å². The van der Waals surface area contributed by atoms with Crippen LogP contribution in [0.4, 0.5) is 0 Å². The summed E-state index contributed by atoms with van der Waals surface area (Å²) in [6.07, 6.45) is 0.162. The molecule has 0 atom stereocenters. The first-order chi connectivity index (χ1) is 12.6. The number of hydrogen-bond acceptors (Lipinski definition) is 5. The average molecular weight is 356 g/mol. The summed E-state index contributed by atoms with van der Waals surface area (Å²) in [5, 5.41) is 2.83. The molecular weight excluding hydrogens is 336 g/mol. The topological polar surface area (TPSA) is 82.7 Å². The van der Waals surface area contributed by atoms with Crippen molar-refractivity contribution in [2.45, 2.75) is 19.5 Å². The van der Waals surface area contributed by atoms with Gasteiger partial charge in [-0.25, -0.2) is 4.79 Å². The van der Waals surface area contributed by atoms with Crippen LogP contribution in [-0.4, -0.2) is 24.7 Å². The number of methoxy groups -OCH3 is 2. The monoisotopic (exact) mass is 356 g/mol. The summed E-state index contributed by atoms with van der Waals surface area (Å²) < 4.78 is 17.1. The zero-order valence-corrected chi connectivity index (χ0v) is 14.7. The highest BCUT2D eigenvalue weighted by atomic mass is 16.5. The van der Waals surface area contributed by atoms with Crippen LogP contribution in [0.2, 0.25) is 0 Å². The van der Waals surface area contributed by atoms with E-state index in [1.165, 1.54) is 4.57 Å². The van der Waals surface area contributed by atoms with E-state index in [1.807, 2.05) is 12.1 Å². The Labute approximate surface area is 150 Å². The van der Waals surface area contributed by atoms with E-state index in [0.29, 0.717) is 29.1 Å². The molecule has 0 fully saturated rings. The van der Waals surface area contributed by atoms with Crippen LogP contribution in [0.5, 0.6) is 11.5 Å². The Morgan fingerprint density at radius 1 is 1.15 bits per heavy atom. The number of aromatic nitrogens is 1. The fraction of sp³-hybridized carbons (Fsp3) is 0.263. The van der Waals surface area contributed by atoms with Crippen LogP contribution in [0.15, 0.2) is 51.7 Å². The summed E-state index contributed by atoms with van der Waals surface area (Å²) in [6.45, 7) is 0.553. The molecule has 1 N–H and O–H groups in total. The summed E-state index contributed by atoms with van der Waals surface area (Å²) in [5.41, 5.74) is 2.00. The first-order valence-corrected chi connectivity index (χ1v) is 8.18. The van der Waals surface area contributed by atoms with E-state index < -0.39 is 5.76 Å². The van der Waals surface area contributed by atoms with Crippen LogP contribution in [0, 0.1) is 0 Å². The molecule has 1 amide bonds. The number of fused-ring (bicyclic) bond motifs is 1. The minimum atomic E-state index is -0.464. The number of nitrogens with zero attached hydrogens (tertiary/aromatic N) is 1. The number of rotatable bonds is 7. The first kappa shape index (κ1) is 17.6. The molecule has 0 bridgehead atoms. The van der Waals surface area contributed by atoms with Gasteiger partial charge in [0.15, 0.2) is 5.58 Å². The molecule has 0 radical (unpaired) electrons. The maximum atomic E-state index is 12.2. The second-order valence-corrected chi connectivity index (χ2v) is 5.69. The maximum absolute atomic E-state index is 12.2. The smallest absolute Gasteiger partial charge is 0.419 e. The molecule has 0 unspecified atom stereocenters. The molecule has 26 heavy (non-hydrogen) atoms. The molecule has 2 aromatic carbocycles. The lowest BCUT2D eigenvalue weighted by Crippen LogP contribution is -2.26. The van der Waals surface area contributed by atoms with Gasteiger partial charge in [-0.2, -0.15) is 0 Å². The number of benzene rings is 2. The molecular formula is C19H20N2O5. The number of aryl methyl sites for hydroxylation is 1. The van der Waals surface area contributed by atoms with E-state index in [9.17, 15) is 9.59 Å². The Kier molecular flexibility index (Phi) is 5.26. The van der Waals surface area contributed by atoms with E-state index in [2.05, 4.69) is 5.32 Å². The number of carbonyl (C=O) groups excluding carboxylic acids is 1. The molecule has 3 aromatic rings. The van der Waals surface area contributed by atoms with Gasteiger partial charge in [-0.1, -0.05) is 12.1 Å². The number of ether oxygens (including phenoxy) is 2. The Morgan fingerprint density at radius 2 is 1.96 bits per heavy atom. The third-order valence-electron chi connectivity index (χ3n) is 4.10. The van der Waals surface area contributed by atoms with Crippen molar-refractivity contribution in [1.82, 2.24) is 9.88 Å². The molecule has 1 heterocycles. The summed E-state index contributed by atoms with van der Waals surface area (Å²) in [5.74, 6) is 0.718. The van der Waals surface area contributed by atoms with Crippen molar-refractivity contribution in [2.24, 2.45) is 0 Å². The van der Waals surface area contributed by atoms with Crippen LogP contribution < -0.4 is 20.5 Å². The molecule has 7 heteroatoms. The lowest BCUT2D eigenvalue weighted by atomic mass is 10.2. The molecule has 136 valence electrons. The third-order valence-corrected chi connectivity index (χ3v) is 4.10. The van der Waals surface area contributed by atoms with Crippen molar-refractivity contribution in [1.29, 1.82) is 0 Å². The van der Waals surface area contributed by atoms with Gasteiger partial charge < -0.3 is 19.2 Å². The normalized spacial score (nSPS) is 10.7. The van der Waals surface area contributed by atoms with Crippen LogP contribution >= 0.6 is 0 Å². The van der Waals surface area contributed by atoms with Gasteiger partial charge in [0.2, 0.25) is 5.91 Å². The zero-order chi connectivity index (χ0) is 18.5. The van der Waals surface area contributed by atoms with Gasteiger partial charge in [-0.3, -0.25) is 9.36 Å². The molecule has 0 aliphatic heterocycles. The van der Waals surface area contributed by atoms with E-state index in [0.717, 1.165) is 5.56 Å². The highest BCUT2D eigenvalue weighted by molar-refractivity contribution is 5.76. The predicted octanol–water partition coefficient (Wildman–Crippen LogP) is 2.32. The van der Waals surface area contributed by atoms with Crippen molar-refractivity contribution in [2.75, 3.05) is 14.2 Å². The zero-order valence-electron chi connectivity index (χ0n) is 14.7. The van der Waals surface area contributed by atoms with Crippen LogP contribution in [0.3, 0.4) is 0 Å². The second-order valence-electron chi connectivity index (χ2n) is 5.69. The highest BCUT2D eigenvalue weighted by Gasteiger charge is 2.11. The van der Waals surface area contributed by atoms with Gasteiger partial charge >= 0.3 is 5.76 Å². The molecule has 0 saturated heterocycles. The molecule has 7 nitrogen and oxygen atoms in total. The molecule has 3 rings (SSSR count). The van der Waals surface area contributed by atoms with Crippen molar-refractivity contribution in [3.05, 3.63) is 58.6 Å². The summed E-state index contributed by atoms with van der Waals surface area (Å²) >= 11 is 0. The molecule has 0 aliphatic carbocycles. The lowest BCUT2D eigenvalue weighted by molar-refractivity contribution is -0.121. The summed E-state index contributed by atoms with van der Waals surface area (Å²) in [4.78, 5) is 24.1. The molecule has 0 saturated carbocycles. The highest BCUT2D eigenvalue weighted by Crippen LogP contribution is 2.23. The van der Waals surface area contributed by atoms with Crippen LogP contribution in [0.25, 0.3) is 11.1 Å². The number of hydrogen-bond donors (Lipinski definition) is 1. The van der Waals surface area contributed by atoms with Crippen molar-refractivity contribution >= 4 is 17.0 Å². The largest absolute Gasteiger partial charge is 0.497 e. The second kappa shape index (κ2) is 7.77.